The second-order valence-electron chi connectivity index (χ2n) is 4.79. The summed E-state index contributed by atoms with van der Waals surface area (Å²) in [5, 5.41) is 13.7. The summed E-state index contributed by atoms with van der Waals surface area (Å²) in [5.74, 6) is 0.580. The van der Waals surface area contributed by atoms with E-state index in [-0.39, 0.29) is 6.61 Å². The van der Waals surface area contributed by atoms with Gasteiger partial charge in [-0.1, -0.05) is 39.7 Å². The van der Waals surface area contributed by atoms with E-state index in [1.807, 2.05) is 37.3 Å². The van der Waals surface area contributed by atoms with E-state index < -0.39 is 6.10 Å². The van der Waals surface area contributed by atoms with Gasteiger partial charge in [-0.2, -0.15) is 0 Å². The summed E-state index contributed by atoms with van der Waals surface area (Å²) >= 11 is 9.44. The van der Waals surface area contributed by atoms with Gasteiger partial charge >= 0.3 is 0 Å². The van der Waals surface area contributed by atoms with Crippen LogP contribution < -0.4 is 10.1 Å². The number of aliphatic hydroxyl groups is 1. The fourth-order valence-corrected chi connectivity index (χ4v) is 2.68. The summed E-state index contributed by atoms with van der Waals surface area (Å²) in [5.41, 5.74) is 2.10. The number of rotatable bonds is 6. The minimum atomic E-state index is -0.624. The Balaban J connectivity index is 1.82. The first-order chi connectivity index (χ1) is 10.0. The summed E-state index contributed by atoms with van der Waals surface area (Å²) in [6.07, 6.45) is -0.624. The molecule has 0 heterocycles. The van der Waals surface area contributed by atoms with Crippen molar-refractivity contribution in [2.24, 2.45) is 0 Å². The number of ether oxygens (including phenoxy) is 1. The topological polar surface area (TPSA) is 41.5 Å². The molecular formula is C16H17BrClNO2. The molecule has 0 fully saturated rings. The second-order valence-corrected chi connectivity index (χ2v) is 6.12. The maximum Gasteiger partial charge on any atom is 0.138 e. The van der Waals surface area contributed by atoms with Crippen LogP contribution in [0.1, 0.15) is 5.56 Å². The number of aliphatic hydroxyl groups excluding tert-OH is 1. The molecule has 0 aliphatic heterocycles. The highest BCUT2D eigenvalue weighted by molar-refractivity contribution is 9.10. The van der Waals surface area contributed by atoms with Crippen LogP contribution in [0.15, 0.2) is 46.9 Å². The normalized spacial score (nSPS) is 12.0. The molecule has 112 valence electrons. The minimum absolute atomic E-state index is 0.184. The molecule has 0 aliphatic carbocycles. The van der Waals surface area contributed by atoms with Crippen LogP contribution >= 0.6 is 27.5 Å². The molecule has 1 unspecified atom stereocenters. The monoisotopic (exact) mass is 369 g/mol. The Kier molecular flexibility index (Phi) is 5.91. The zero-order chi connectivity index (χ0) is 15.2. The smallest absolute Gasteiger partial charge is 0.138 e. The predicted molar refractivity (Wildman–Crippen MR) is 90.3 cm³/mol. The van der Waals surface area contributed by atoms with Gasteiger partial charge in [-0.15, -0.1) is 0 Å². The fourth-order valence-electron chi connectivity index (χ4n) is 1.88. The highest BCUT2D eigenvalue weighted by atomic mass is 79.9. The Morgan fingerprint density at radius 1 is 1.29 bits per heavy atom. The van der Waals surface area contributed by atoms with E-state index in [9.17, 15) is 5.11 Å². The van der Waals surface area contributed by atoms with Gasteiger partial charge in [0.05, 0.1) is 5.02 Å². The van der Waals surface area contributed by atoms with E-state index in [2.05, 4.69) is 21.2 Å². The number of halogens is 2. The number of nitrogens with one attached hydrogen (secondary N) is 1. The molecule has 0 radical (unpaired) electrons. The Bertz CT molecular complexity index is 586. The number of aryl methyl sites for hydroxylation is 1. The first-order valence-corrected chi connectivity index (χ1v) is 7.78. The van der Waals surface area contributed by atoms with Crippen LogP contribution in [0, 0.1) is 6.92 Å². The van der Waals surface area contributed by atoms with Crippen molar-refractivity contribution >= 4 is 33.2 Å². The number of para-hydroxylation sites is 1. The zero-order valence-corrected chi connectivity index (χ0v) is 14.0. The van der Waals surface area contributed by atoms with Gasteiger partial charge < -0.3 is 15.2 Å². The van der Waals surface area contributed by atoms with Crippen molar-refractivity contribution in [3.8, 4) is 5.75 Å². The molecule has 0 saturated heterocycles. The molecule has 0 amide bonds. The summed E-state index contributed by atoms with van der Waals surface area (Å²) in [4.78, 5) is 0. The number of hydrogen-bond donors (Lipinski definition) is 2. The van der Waals surface area contributed by atoms with Crippen molar-refractivity contribution in [3.63, 3.8) is 0 Å². The van der Waals surface area contributed by atoms with E-state index in [1.165, 1.54) is 0 Å². The molecule has 0 aromatic heterocycles. The lowest BCUT2D eigenvalue weighted by Gasteiger charge is -2.15. The lowest BCUT2D eigenvalue weighted by molar-refractivity contribution is 0.117. The minimum Gasteiger partial charge on any atom is -0.489 e. The summed E-state index contributed by atoms with van der Waals surface area (Å²) in [6, 6.07) is 13.2. The molecular weight excluding hydrogens is 354 g/mol. The molecule has 0 saturated carbocycles. The van der Waals surface area contributed by atoms with E-state index in [0.29, 0.717) is 17.3 Å². The highest BCUT2D eigenvalue weighted by Crippen LogP contribution is 2.23. The summed E-state index contributed by atoms with van der Waals surface area (Å²) in [6.45, 7) is 2.61. The zero-order valence-electron chi connectivity index (χ0n) is 11.6. The molecule has 0 spiro atoms. The number of hydrogen-bond acceptors (Lipinski definition) is 3. The highest BCUT2D eigenvalue weighted by Gasteiger charge is 2.07. The molecule has 2 aromatic rings. The fraction of sp³-hybridized carbons (Fsp3) is 0.250. The lowest BCUT2D eigenvalue weighted by Crippen LogP contribution is -2.26. The largest absolute Gasteiger partial charge is 0.489 e. The molecule has 1 atom stereocenters. The van der Waals surface area contributed by atoms with Crippen LogP contribution in [-0.4, -0.2) is 24.4 Å². The molecule has 5 heteroatoms. The Morgan fingerprint density at radius 3 is 2.76 bits per heavy atom. The molecule has 2 aromatic carbocycles. The third-order valence-electron chi connectivity index (χ3n) is 2.85. The van der Waals surface area contributed by atoms with Gasteiger partial charge in [0.2, 0.25) is 0 Å². The molecule has 21 heavy (non-hydrogen) atoms. The van der Waals surface area contributed by atoms with Gasteiger partial charge in [0.1, 0.15) is 18.5 Å². The third kappa shape index (κ3) is 5.23. The first-order valence-electron chi connectivity index (χ1n) is 6.61. The van der Waals surface area contributed by atoms with E-state index in [4.69, 9.17) is 16.3 Å². The second kappa shape index (κ2) is 7.69. The predicted octanol–water partition coefficient (Wildman–Crippen LogP) is 4.26. The average Bonchev–Trinajstić information content (AvgIpc) is 2.43. The van der Waals surface area contributed by atoms with Crippen molar-refractivity contribution in [3.05, 3.63) is 57.5 Å². The van der Waals surface area contributed by atoms with Crippen molar-refractivity contribution in [1.29, 1.82) is 0 Å². The Morgan fingerprint density at radius 2 is 2.05 bits per heavy atom. The van der Waals surface area contributed by atoms with Gasteiger partial charge in [0, 0.05) is 16.7 Å². The van der Waals surface area contributed by atoms with Crippen molar-refractivity contribution in [2.45, 2.75) is 13.0 Å². The van der Waals surface area contributed by atoms with E-state index in [1.54, 1.807) is 12.1 Å². The van der Waals surface area contributed by atoms with Crippen LogP contribution in [-0.2, 0) is 0 Å². The van der Waals surface area contributed by atoms with Gasteiger partial charge in [-0.05, 0) is 42.8 Å². The van der Waals surface area contributed by atoms with Crippen molar-refractivity contribution in [1.82, 2.24) is 0 Å². The van der Waals surface area contributed by atoms with Gasteiger partial charge in [-0.3, -0.25) is 0 Å². The van der Waals surface area contributed by atoms with Gasteiger partial charge in [-0.25, -0.2) is 0 Å². The summed E-state index contributed by atoms with van der Waals surface area (Å²) < 4.78 is 6.51. The van der Waals surface area contributed by atoms with Crippen LogP contribution in [0.25, 0.3) is 0 Å². The van der Waals surface area contributed by atoms with E-state index >= 15 is 0 Å². The molecule has 0 aliphatic rings. The molecule has 3 nitrogen and oxygen atoms in total. The van der Waals surface area contributed by atoms with Gasteiger partial charge in [0.25, 0.3) is 0 Å². The SMILES string of the molecule is Cc1cc(Br)cc(NCC(O)COc2ccccc2Cl)c1. The van der Waals surface area contributed by atoms with Crippen LogP contribution in [0.2, 0.25) is 5.02 Å². The number of benzene rings is 2. The van der Waals surface area contributed by atoms with Crippen LogP contribution in [0.5, 0.6) is 5.75 Å². The Labute approximate surface area is 138 Å². The third-order valence-corrected chi connectivity index (χ3v) is 3.62. The molecule has 2 rings (SSSR count). The standard InChI is InChI=1S/C16H17BrClNO2/c1-11-6-12(17)8-13(7-11)19-9-14(20)10-21-16-5-3-2-4-15(16)18/h2-8,14,19-20H,9-10H2,1H3. The maximum atomic E-state index is 9.96. The van der Waals surface area contributed by atoms with Crippen molar-refractivity contribution in [2.75, 3.05) is 18.5 Å². The van der Waals surface area contributed by atoms with E-state index in [0.717, 1.165) is 15.7 Å². The van der Waals surface area contributed by atoms with Crippen LogP contribution in [0.4, 0.5) is 5.69 Å². The molecule has 0 bridgehead atoms. The number of anilines is 1. The first kappa shape index (κ1) is 16.1. The quantitative estimate of drug-likeness (QED) is 0.798. The van der Waals surface area contributed by atoms with Gasteiger partial charge in [0.15, 0.2) is 0 Å². The van der Waals surface area contributed by atoms with Crippen molar-refractivity contribution < 1.29 is 9.84 Å². The average molecular weight is 371 g/mol. The van der Waals surface area contributed by atoms with Crippen LogP contribution in [0.3, 0.4) is 0 Å². The molecule has 2 N–H and O–H groups in total. The maximum absolute atomic E-state index is 9.96. The Hall–Kier alpha value is -1.23. The lowest BCUT2D eigenvalue weighted by atomic mass is 10.2. The summed E-state index contributed by atoms with van der Waals surface area (Å²) in [7, 11) is 0.